The molecule has 2 N–H and O–H groups in total. The van der Waals surface area contributed by atoms with Gasteiger partial charge in [0.05, 0.1) is 10.6 Å². The lowest BCUT2D eigenvalue weighted by molar-refractivity contribution is 0.593. The summed E-state index contributed by atoms with van der Waals surface area (Å²) < 4.78 is 36.3. The van der Waals surface area contributed by atoms with E-state index in [9.17, 15) is 12.6 Å². The van der Waals surface area contributed by atoms with Crippen molar-refractivity contribution >= 4 is 20.6 Å². The summed E-state index contributed by atoms with van der Waals surface area (Å²) in [6.45, 7) is 6.25. The fourth-order valence-corrected chi connectivity index (χ4v) is 4.93. The van der Waals surface area contributed by atoms with Crippen molar-refractivity contribution in [2.45, 2.75) is 37.5 Å². The highest BCUT2D eigenvalue weighted by molar-refractivity contribution is 7.93. The minimum absolute atomic E-state index is 0.00446. The summed E-state index contributed by atoms with van der Waals surface area (Å²) in [6.07, 6.45) is 0. The van der Waals surface area contributed by atoms with Gasteiger partial charge in [-0.3, -0.25) is 4.21 Å². The van der Waals surface area contributed by atoms with Gasteiger partial charge in [-0.25, -0.2) is 8.42 Å². The third kappa shape index (κ3) is 4.68. The quantitative estimate of drug-likeness (QED) is 0.830. The van der Waals surface area contributed by atoms with Crippen LogP contribution < -0.4 is 5.73 Å². The van der Waals surface area contributed by atoms with Gasteiger partial charge in [-0.15, -0.1) is 0 Å². The molecular formula is C14H23NO3S2. The van der Waals surface area contributed by atoms with Crippen LogP contribution in [0.3, 0.4) is 0 Å². The lowest BCUT2D eigenvalue weighted by atomic mass is 10.2. The zero-order valence-corrected chi connectivity index (χ0v) is 13.8. The first kappa shape index (κ1) is 17.3. The second-order valence-electron chi connectivity index (χ2n) is 5.20. The molecule has 0 fully saturated rings. The third-order valence-electron chi connectivity index (χ3n) is 3.42. The molecule has 0 radical (unpaired) electrons. The molecule has 0 saturated heterocycles. The molecule has 114 valence electrons. The number of nitrogens with two attached hydrogens (primary N) is 1. The van der Waals surface area contributed by atoms with E-state index < -0.39 is 20.6 Å². The van der Waals surface area contributed by atoms with Gasteiger partial charge in [0.1, 0.15) is 0 Å². The number of hydrogen-bond acceptors (Lipinski definition) is 4. The maximum Gasteiger partial charge on any atom is 0.179 e. The number of sulfone groups is 1. The van der Waals surface area contributed by atoms with Crippen LogP contribution in [-0.4, -0.2) is 29.4 Å². The molecule has 20 heavy (non-hydrogen) atoms. The standard InChI is InChI=1S/C14H23NO3S2/c1-11(2)12(3)19(16)8-9-20(17,18)14-6-4-13(10-15)5-7-14/h4-7,11-12H,8-10,15H2,1-3H3. The van der Waals surface area contributed by atoms with Gasteiger partial charge in [0.2, 0.25) is 0 Å². The second kappa shape index (κ2) is 7.33. The maximum atomic E-state index is 12.2. The molecule has 2 atom stereocenters. The zero-order valence-electron chi connectivity index (χ0n) is 12.2. The van der Waals surface area contributed by atoms with Gasteiger partial charge in [0.15, 0.2) is 9.84 Å². The molecule has 6 heteroatoms. The normalized spacial score (nSPS) is 15.2. The largest absolute Gasteiger partial charge is 0.326 e. The fraction of sp³-hybridized carbons (Fsp3) is 0.571. The molecule has 2 unspecified atom stereocenters. The van der Waals surface area contributed by atoms with E-state index in [1.54, 1.807) is 24.3 Å². The monoisotopic (exact) mass is 317 g/mol. The van der Waals surface area contributed by atoms with Crippen LogP contribution in [0.2, 0.25) is 0 Å². The average Bonchev–Trinajstić information content (AvgIpc) is 2.44. The first-order valence-corrected chi connectivity index (χ1v) is 9.70. The van der Waals surface area contributed by atoms with E-state index in [1.807, 2.05) is 20.8 Å². The van der Waals surface area contributed by atoms with E-state index in [0.29, 0.717) is 6.54 Å². The smallest absolute Gasteiger partial charge is 0.179 e. The third-order valence-corrected chi connectivity index (χ3v) is 7.40. The van der Waals surface area contributed by atoms with E-state index >= 15 is 0 Å². The Bertz CT molecular complexity index is 550. The molecular weight excluding hydrogens is 294 g/mol. The Morgan fingerprint density at radius 1 is 1.15 bits per heavy atom. The molecule has 1 aromatic rings. The van der Waals surface area contributed by atoms with Gasteiger partial charge in [0.25, 0.3) is 0 Å². The van der Waals surface area contributed by atoms with Crippen LogP contribution in [0.1, 0.15) is 26.3 Å². The SMILES string of the molecule is CC(C)C(C)S(=O)CCS(=O)(=O)c1ccc(CN)cc1. The summed E-state index contributed by atoms with van der Waals surface area (Å²) in [6, 6.07) is 6.54. The van der Waals surface area contributed by atoms with Crippen molar-refractivity contribution in [3.8, 4) is 0 Å². The Morgan fingerprint density at radius 2 is 1.70 bits per heavy atom. The molecule has 1 aromatic carbocycles. The van der Waals surface area contributed by atoms with Crippen molar-refractivity contribution in [1.82, 2.24) is 0 Å². The predicted octanol–water partition coefficient (Wildman–Crippen LogP) is 1.71. The lowest BCUT2D eigenvalue weighted by Crippen LogP contribution is -2.24. The first-order valence-electron chi connectivity index (χ1n) is 6.67. The highest BCUT2D eigenvalue weighted by atomic mass is 32.2. The summed E-state index contributed by atoms with van der Waals surface area (Å²) in [7, 11) is -4.49. The lowest BCUT2D eigenvalue weighted by Gasteiger charge is -2.15. The molecule has 0 saturated carbocycles. The summed E-state index contributed by atoms with van der Waals surface area (Å²) in [5.41, 5.74) is 6.37. The van der Waals surface area contributed by atoms with Gasteiger partial charge in [-0.1, -0.05) is 32.9 Å². The maximum absolute atomic E-state index is 12.2. The molecule has 0 aromatic heterocycles. The molecule has 0 heterocycles. The summed E-state index contributed by atoms with van der Waals surface area (Å²) in [5, 5.41) is 0.00446. The zero-order chi connectivity index (χ0) is 15.3. The van der Waals surface area contributed by atoms with Crippen molar-refractivity contribution in [1.29, 1.82) is 0 Å². The molecule has 0 spiro atoms. The predicted molar refractivity (Wildman–Crippen MR) is 83.7 cm³/mol. The van der Waals surface area contributed by atoms with Gasteiger partial charge < -0.3 is 5.73 Å². The Morgan fingerprint density at radius 3 is 2.15 bits per heavy atom. The number of benzene rings is 1. The Kier molecular flexibility index (Phi) is 6.36. The van der Waals surface area contributed by atoms with E-state index in [1.165, 1.54) is 0 Å². The van der Waals surface area contributed by atoms with Gasteiger partial charge in [0, 0.05) is 28.3 Å². The van der Waals surface area contributed by atoms with E-state index in [-0.39, 0.29) is 27.6 Å². The highest BCUT2D eigenvalue weighted by Gasteiger charge is 2.20. The van der Waals surface area contributed by atoms with Gasteiger partial charge >= 0.3 is 0 Å². The molecule has 1 rings (SSSR count). The van der Waals surface area contributed by atoms with E-state index in [2.05, 4.69) is 0 Å². The molecule has 0 aliphatic carbocycles. The minimum atomic E-state index is -3.37. The average molecular weight is 317 g/mol. The summed E-state index contributed by atoms with van der Waals surface area (Å²) in [4.78, 5) is 0.268. The first-order chi connectivity index (χ1) is 9.27. The van der Waals surface area contributed by atoms with Gasteiger partial charge in [-0.05, 0) is 23.6 Å². The van der Waals surface area contributed by atoms with E-state index in [4.69, 9.17) is 5.73 Å². The topological polar surface area (TPSA) is 77.2 Å². The Labute approximate surface area is 124 Å². The van der Waals surface area contributed by atoms with Crippen LogP contribution in [0.25, 0.3) is 0 Å². The van der Waals surface area contributed by atoms with Crippen molar-refractivity contribution in [3.05, 3.63) is 29.8 Å². The highest BCUT2D eigenvalue weighted by Crippen LogP contribution is 2.14. The molecule has 0 aliphatic heterocycles. The van der Waals surface area contributed by atoms with Gasteiger partial charge in [-0.2, -0.15) is 0 Å². The second-order valence-corrected chi connectivity index (χ2v) is 9.22. The Balaban J connectivity index is 2.72. The Hall–Kier alpha value is -0.720. The van der Waals surface area contributed by atoms with Crippen LogP contribution >= 0.6 is 0 Å². The molecule has 0 bridgehead atoms. The number of rotatable bonds is 7. The molecule has 4 nitrogen and oxygen atoms in total. The van der Waals surface area contributed by atoms with Crippen molar-refractivity contribution < 1.29 is 12.6 Å². The minimum Gasteiger partial charge on any atom is -0.326 e. The summed E-state index contributed by atoms with van der Waals surface area (Å²) >= 11 is 0. The van der Waals surface area contributed by atoms with Crippen molar-refractivity contribution in [2.75, 3.05) is 11.5 Å². The van der Waals surface area contributed by atoms with Crippen LogP contribution in [-0.2, 0) is 27.2 Å². The van der Waals surface area contributed by atoms with Crippen LogP contribution in [0.5, 0.6) is 0 Å². The van der Waals surface area contributed by atoms with Crippen LogP contribution in [0.15, 0.2) is 29.2 Å². The molecule has 0 aliphatic rings. The summed E-state index contributed by atoms with van der Waals surface area (Å²) in [5.74, 6) is 0.376. The number of hydrogen-bond donors (Lipinski definition) is 1. The van der Waals surface area contributed by atoms with Crippen molar-refractivity contribution in [2.24, 2.45) is 11.7 Å². The van der Waals surface area contributed by atoms with Crippen LogP contribution in [0, 0.1) is 5.92 Å². The van der Waals surface area contributed by atoms with E-state index in [0.717, 1.165) is 5.56 Å². The molecule has 0 amide bonds. The van der Waals surface area contributed by atoms with Crippen LogP contribution in [0.4, 0.5) is 0 Å². The van der Waals surface area contributed by atoms with Crippen molar-refractivity contribution in [3.63, 3.8) is 0 Å². The fourth-order valence-electron chi connectivity index (χ4n) is 1.63.